The van der Waals surface area contributed by atoms with E-state index < -0.39 is 11.7 Å². The van der Waals surface area contributed by atoms with Crippen LogP contribution in [0.25, 0.3) is 5.82 Å². The maximum Gasteiger partial charge on any atom is 0.417 e. The summed E-state index contributed by atoms with van der Waals surface area (Å²) in [5, 5.41) is 16.7. The van der Waals surface area contributed by atoms with E-state index in [2.05, 4.69) is 15.4 Å². The van der Waals surface area contributed by atoms with Gasteiger partial charge >= 0.3 is 6.18 Å². The van der Waals surface area contributed by atoms with Crippen molar-refractivity contribution in [2.24, 2.45) is 0 Å². The van der Waals surface area contributed by atoms with E-state index in [1.165, 1.54) is 16.8 Å². The number of alkyl halides is 3. The molecule has 0 aliphatic carbocycles. The molecular formula is C19H17F3N4O2. The number of aryl methyl sites for hydroxylation is 1. The minimum absolute atomic E-state index is 0.00731. The van der Waals surface area contributed by atoms with Crippen LogP contribution >= 0.6 is 0 Å². The molecule has 2 heterocycles. The van der Waals surface area contributed by atoms with Gasteiger partial charge in [0, 0.05) is 17.5 Å². The molecule has 146 valence electrons. The second kappa shape index (κ2) is 7.34. The fraction of sp³-hybridized carbons (Fsp3) is 0.211. The van der Waals surface area contributed by atoms with Gasteiger partial charge in [-0.3, -0.25) is 4.79 Å². The quantitative estimate of drug-likeness (QED) is 0.665. The number of hydrogen-bond donors (Lipinski definition) is 2. The number of nitrogens with one attached hydrogen (secondary N) is 1. The van der Waals surface area contributed by atoms with Crippen LogP contribution in [0.5, 0.6) is 5.75 Å². The van der Waals surface area contributed by atoms with Crippen LogP contribution in [-0.4, -0.2) is 25.8 Å². The van der Waals surface area contributed by atoms with Gasteiger partial charge in [0.1, 0.15) is 5.75 Å². The lowest BCUT2D eigenvalue weighted by Gasteiger charge is -2.09. The Kier molecular flexibility index (Phi) is 5.08. The molecule has 0 spiro atoms. The van der Waals surface area contributed by atoms with Gasteiger partial charge in [0.2, 0.25) is 5.91 Å². The lowest BCUT2D eigenvalue weighted by molar-refractivity contribution is -0.137. The van der Waals surface area contributed by atoms with E-state index in [4.69, 9.17) is 0 Å². The van der Waals surface area contributed by atoms with E-state index in [9.17, 15) is 23.1 Å². The number of phenols is 1. The Morgan fingerprint density at radius 2 is 1.89 bits per heavy atom. The Morgan fingerprint density at radius 1 is 1.18 bits per heavy atom. The molecule has 3 rings (SSSR count). The molecule has 0 unspecified atom stereocenters. The summed E-state index contributed by atoms with van der Waals surface area (Å²) in [4.78, 5) is 16.2. The summed E-state index contributed by atoms with van der Waals surface area (Å²) in [5.41, 5.74) is 1.23. The number of carbonyl (C=O) groups excluding carboxylic acids is 1. The molecule has 0 atom stereocenters. The molecule has 0 aliphatic rings. The maximum atomic E-state index is 12.7. The van der Waals surface area contributed by atoms with Gasteiger partial charge < -0.3 is 10.4 Å². The first kappa shape index (κ1) is 19.4. The lowest BCUT2D eigenvalue weighted by atomic mass is 10.1. The van der Waals surface area contributed by atoms with E-state index >= 15 is 0 Å². The number of amides is 1. The Bertz CT molecular complexity index is 1010. The highest BCUT2D eigenvalue weighted by atomic mass is 19.4. The SMILES string of the molecule is Cc1nn(-c2ccc(C(F)(F)F)cn2)c(C)c1CC(=O)Nc1ccccc1O. The number of hydrogen-bond acceptors (Lipinski definition) is 4. The van der Waals surface area contributed by atoms with Crippen molar-refractivity contribution < 1.29 is 23.1 Å². The summed E-state index contributed by atoms with van der Waals surface area (Å²) in [6.45, 7) is 3.41. The van der Waals surface area contributed by atoms with E-state index in [-0.39, 0.29) is 23.9 Å². The molecule has 28 heavy (non-hydrogen) atoms. The Morgan fingerprint density at radius 3 is 2.50 bits per heavy atom. The van der Waals surface area contributed by atoms with Gasteiger partial charge in [-0.25, -0.2) is 9.67 Å². The average Bonchev–Trinajstić information content (AvgIpc) is 2.91. The second-order valence-electron chi connectivity index (χ2n) is 6.21. The Balaban J connectivity index is 1.82. The van der Waals surface area contributed by atoms with Crippen molar-refractivity contribution in [1.29, 1.82) is 0 Å². The number of anilines is 1. The summed E-state index contributed by atoms with van der Waals surface area (Å²) in [6, 6.07) is 8.51. The zero-order valence-electron chi connectivity index (χ0n) is 15.1. The van der Waals surface area contributed by atoms with Gasteiger partial charge in [-0.2, -0.15) is 18.3 Å². The maximum absolute atomic E-state index is 12.7. The zero-order chi connectivity index (χ0) is 20.5. The minimum atomic E-state index is -4.47. The van der Waals surface area contributed by atoms with E-state index in [0.717, 1.165) is 12.3 Å². The third-order valence-corrected chi connectivity index (χ3v) is 4.25. The Hall–Kier alpha value is -3.36. The highest BCUT2D eigenvalue weighted by Gasteiger charge is 2.30. The molecule has 6 nitrogen and oxygen atoms in total. The highest BCUT2D eigenvalue weighted by molar-refractivity contribution is 5.93. The molecule has 1 amide bonds. The van der Waals surface area contributed by atoms with Crippen molar-refractivity contribution in [3.05, 3.63) is 65.1 Å². The van der Waals surface area contributed by atoms with Crippen LogP contribution in [0.3, 0.4) is 0 Å². The third-order valence-electron chi connectivity index (χ3n) is 4.25. The van der Waals surface area contributed by atoms with Crippen LogP contribution in [-0.2, 0) is 17.4 Å². The molecule has 2 aromatic heterocycles. The molecule has 2 N–H and O–H groups in total. The molecule has 0 saturated carbocycles. The molecule has 0 saturated heterocycles. The van der Waals surface area contributed by atoms with Crippen LogP contribution in [0.15, 0.2) is 42.6 Å². The first-order valence-electron chi connectivity index (χ1n) is 8.33. The summed E-state index contributed by atoms with van der Waals surface area (Å²) < 4.78 is 39.5. The molecule has 3 aromatic rings. The van der Waals surface area contributed by atoms with Crippen LogP contribution in [0.1, 0.15) is 22.5 Å². The molecule has 0 bridgehead atoms. The van der Waals surface area contributed by atoms with E-state index in [1.807, 2.05) is 0 Å². The number of aromatic hydroxyl groups is 1. The Labute approximate surface area is 158 Å². The number of phenolic OH excluding ortho intramolecular Hbond substituents is 1. The van der Waals surface area contributed by atoms with Crippen molar-refractivity contribution in [3.63, 3.8) is 0 Å². The average molecular weight is 390 g/mol. The highest BCUT2D eigenvalue weighted by Crippen LogP contribution is 2.29. The van der Waals surface area contributed by atoms with Crippen molar-refractivity contribution in [2.75, 3.05) is 5.32 Å². The number of aromatic nitrogens is 3. The van der Waals surface area contributed by atoms with Crippen molar-refractivity contribution in [3.8, 4) is 11.6 Å². The monoisotopic (exact) mass is 390 g/mol. The van der Waals surface area contributed by atoms with Crippen LogP contribution in [0.4, 0.5) is 18.9 Å². The first-order chi connectivity index (χ1) is 13.2. The van der Waals surface area contributed by atoms with Crippen LogP contribution < -0.4 is 5.32 Å². The third kappa shape index (κ3) is 3.98. The van der Waals surface area contributed by atoms with Gasteiger partial charge in [0.25, 0.3) is 0 Å². The topological polar surface area (TPSA) is 80.0 Å². The molecular weight excluding hydrogens is 373 g/mol. The normalized spacial score (nSPS) is 11.5. The molecule has 0 radical (unpaired) electrons. The fourth-order valence-electron chi connectivity index (χ4n) is 2.77. The standard InChI is InChI=1S/C19H17F3N4O2/c1-11-14(9-18(28)24-15-5-3-4-6-16(15)27)12(2)26(25-11)17-8-7-13(10-23-17)19(20,21)22/h3-8,10,27H,9H2,1-2H3,(H,24,28). The lowest BCUT2D eigenvalue weighted by Crippen LogP contribution is -2.15. The fourth-order valence-corrected chi connectivity index (χ4v) is 2.77. The zero-order valence-corrected chi connectivity index (χ0v) is 15.1. The van der Waals surface area contributed by atoms with Gasteiger partial charge in [-0.15, -0.1) is 0 Å². The van der Waals surface area contributed by atoms with Gasteiger partial charge in [0.15, 0.2) is 5.82 Å². The number of rotatable bonds is 4. The summed E-state index contributed by atoms with van der Waals surface area (Å²) in [6.07, 6.45) is -3.73. The van der Waals surface area contributed by atoms with Gasteiger partial charge in [0.05, 0.1) is 23.4 Å². The number of halogens is 3. The number of para-hydroxylation sites is 2. The van der Waals surface area contributed by atoms with Crippen LogP contribution in [0, 0.1) is 13.8 Å². The number of pyridine rings is 1. The largest absolute Gasteiger partial charge is 0.506 e. The van der Waals surface area contributed by atoms with E-state index in [1.54, 1.807) is 32.0 Å². The van der Waals surface area contributed by atoms with Crippen molar-refractivity contribution in [2.45, 2.75) is 26.4 Å². The predicted octanol–water partition coefficient (Wildman–Crippen LogP) is 3.79. The summed E-state index contributed by atoms with van der Waals surface area (Å²) >= 11 is 0. The molecule has 0 aliphatic heterocycles. The second-order valence-corrected chi connectivity index (χ2v) is 6.21. The molecule has 0 fully saturated rings. The molecule has 1 aromatic carbocycles. The van der Waals surface area contributed by atoms with Gasteiger partial charge in [-0.05, 0) is 38.1 Å². The molecule has 9 heteroatoms. The smallest absolute Gasteiger partial charge is 0.417 e. The predicted molar refractivity (Wildman–Crippen MR) is 96.3 cm³/mol. The number of carbonyl (C=O) groups is 1. The van der Waals surface area contributed by atoms with Crippen LogP contribution in [0.2, 0.25) is 0 Å². The summed E-state index contributed by atoms with van der Waals surface area (Å²) in [5.74, 6) is -0.178. The van der Waals surface area contributed by atoms with Gasteiger partial charge in [-0.1, -0.05) is 12.1 Å². The number of benzene rings is 1. The van der Waals surface area contributed by atoms with Crippen molar-refractivity contribution >= 4 is 11.6 Å². The van der Waals surface area contributed by atoms with Crippen molar-refractivity contribution in [1.82, 2.24) is 14.8 Å². The number of nitrogens with zero attached hydrogens (tertiary/aromatic N) is 3. The first-order valence-corrected chi connectivity index (χ1v) is 8.33. The summed E-state index contributed by atoms with van der Waals surface area (Å²) in [7, 11) is 0. The van der Waals surface area contributed by atoms with E-state index in [0.29, 0.717) is 22.6 Å². The minimum Gasteiger partial charge on any atom is -0.506 e.